The van der Waals surface area contributed by atoms with Crippen molar-refractivity contribution in [2.75, 3.05) is 12.4 Å². The number of benzene rings is 1. The molecular formula is C25H21F4N9O. The number of alkyl halides is 3. The standard InChI is InChI=1S/C25H21F4N9O/c1-13-9-18(25(27,28)29)35-38(13)16-6-5-15(17(26)10-16)11-31-22-23-30-7-8-37(23)36-21(34-22)19-20(14-3-4-14)32-12-33-24(19)39-2/h5-10,12,14H,3-4,11H2,1-2H3,(H,31,34,36). The van der Waals surface area contributed by atoms with Crippen LogP contribution in [0.5, 0.6) is 5.88 Å². The Bertz CT molecular complexity index is 1690. The van der Waals surface area contributed by atoms with Crippen molar-refractivity contribution < 1.29 is 22.3 Å². The lowest BCUT2D eigenvalue weighted by Crippen LogP contribution is -2.10. The molecule has 1 aliphatic carbocycles. The number of hydrogen-bond donors (Lipinski definition) is 1. The van der Waals surface area contributed by atoms with Crippen molar-refractivity contribution in [1.29, 1.82) is 0 Å². The maximum Gasteiger partial charge on any atom is 0.435 e. The molecule has 10 nitrogen and oxygen atoms in total. The second-order valence-electron chi connectivity index (χ2n) is 9.11. The van der Waals surface area contributed by atoms with Crippen molar-refractivity contribution in [3.63, 3.8) is 0 Å². The molecule has 0 atom stereocenters. The zero-order valence-corrected chi connectivity index (χ0v) is 20.7. The van der Waals surface area contributed by atoms with Crippen LogP contribution in [0.3, 0.4) is 0 Å². The molecule has 1 saturated carbocycles. The Morgan fingerprint density at radius 3 is 2.62 bits per heavy atom. The Kier molecular flexibility index (Phi) is 5.88. The van der Waals surface area contributed by atoms with Gasteiger partial charge in [-0.3, -0.25) is 0 Å². The van der Waals surface area contributed by atoms with Crippen LogP contribution in [0, 0.1) is 12.7 Å². The van der Waals surface area contributed by atoms with Crippen molar-refractivity contribution in [3.05, 3.63) is 71.4 Å². The van der Waals surface area contributed by atoms with Gasteiger partial charge in [-0.25, -0.2) is 33.5 Å². The minimum atomic E-state index is -4.59. The second kappa shape index (κ2) is 9.29. The van der Waals surface area contributed by atoms with E-state index < -0.39 is 17.7 Å². The van der Waals surface area contributed by atoms with Crippen LogP contribution in [0.15, 0.2) is 43.0 Å². The molecule has 5 aromatic rings. The average molecular weight is 539 g/mol. The van der Waals surface area contributed by atoms with Crippen LogP contribution in [0.4, 0.5) is 23.4 Å². The average Bonchev–Trinajstić information content (AvgIpc) is 3.51. The molecule has 0 spiro atoms. The molecule has 1 aromatic carbocycles. The predicted octanol–water partition coefficient (Wildman–Crippen LogP) is 4.73. The van der Waals surface area contributed by atoms with Crippen LogP contribution >= 0.6 is 0 Å². The van der Waals surface area contributed by atoms with Crippen LogP contribution in [0.2, 0.25) is 0 Å². The minimum Gasteiger partial charge on any atom is -0.480 e. The number of halogens is 4. The van der Waals surface area contributed by atoms with Gasteiger partial charge < -0.3 is 10.1 Å². The number of nitrogens with zero attached hydrogens (tertiary/aromatic N) is 8. The number of fused-ring (bicyclic) bond motifs is 1. The summed E-state index contributed by atoms with van der Waals surface area (Å²) in [4.78, 5) is 17.6. The van der Waals surface area contributed by atoms with Crippen molar-refractivity contribution in [2.45, 2.75) is 38.4 Å². The van der Waals surface area contributed by atoms with E-state index in [0.717, 1.165) is 35.4 Å². The molecule has 6 rings (SSSR count). The van der Waals surface area contributed by atoms with Crippen LogP contribution in [-0.2, 0) is 12.7 Å². The number of nitrogens with one attached hydrogen (secondary N) is 1. The number of hydrogen-bond acceptors (Lipinski definition) is 8. The molecule has 0 unspecified atom stereocenters. The Morgan fingerprint density at radius 2 is 1.92 bits per heavy atom. The third-order valence-electron chi connectivity index (χ3n) is 6.38. The predicted molar refractivity (Wildman–Crippen MR) is 131 cm³/mol. The second-order valence-corrected chi connectivity index (χ2v) is 9.11. The third kappa shape index (κ3) is 4.62. The van der Waals surface area contributed by atoms with Crippen LogP contribution in [0.1, 0.15) is 41.4 Å². The first-order valence-corrected chi connectivity index (χ1v) is 12.0. The quantitative estimate of drug-likeness (QED) is 0.296. The Hall–Kier alpha value is -4.62. The highest BCUT2D eigenvalue weighted by Crippen LogP contribution is 2.45. The van der Waals surface area contributed by atoms with E-state index in [-0.39, 0.29) is 29.4 Å². The normalized spacial score (nSPS) is 13.7. The molecule has 1 N–H and O–H groups in total. The van der Waals surface area contributed by atoms with E-state index in [4.69, 9.17) is 4.74 Å². The largest absolute Gasteiger partial charge is 0.480 e. The summed E-state index contributed by atoms with van der Waals surface area (Å²) in [6, 6.07) is 5.04. The first kappa shape index (κ1) is 24.7. The van der Waals surface area contributed by atoms with Crippen LogP contribution < -0.4 is 10.1 Å². The fraction of sp³-hybridized carbons (Fsp3) is 0.280. The lowest BCUT2D eigenvalue weighted by atomic mass is 10.1. The van der Waals surface area contributed by atoms with E-state index in [0.29, 0.717) is 28.7 Å². The Morgan fingerprint density at radius 1 is 1.10 bits per heavy atom. The molecule has 4 heterocycles. The summed E-state index contributed by atoms with van der Waals surface area (Å²) in [7, 11) is 1.51. The lowest BCUT2D eigenvalue weighted by molar-refractivity contribution is -0.141. The fourth-order valence-corrected chi connectivity index (χ4v) is 4.33. The van der Waals surface area contributed by atoms with Gasteiger partial charge in [0.25, 0.3) is 0 Å². The first-order chi connectivity index (χ1) is 18.7. The first-order valence-electron chi connectivity index (χ1n) is 12.0. The maximum atomic E-state index is 15.1. The summed E-state index contributed by atoms with van der Waals surface area (Å²) >= 11 is 0. The van der Waals surface area contributed by atoms with Crippen molar-refractivity contribution in [2.24, 2.45) is 0 Å². The number of rotatable bonds is 7. The van der Waals surface area contributed by atoms with Gasteiger partial charge in [0.05, 0.1) is 18.5 Å². The lowest BCUT2D eigenvalue weighted by Gasteiger charge is -2.13. The maximum absolute atomic E-state index is 15.1. The summed E-state index contributed by atoms with van der Waals surface area (Å²) in [6.45, 7) is 1.49. The monoisotopic (exact) mass is 539 g/mol. The zero-order valence-electron chi connectivity index (χ0n) is 20.7. The number of aryl methyl sites for hydroxylation is 1. The van der Waals surface area contributed by atoms with Gasteiger partial charge in [0.15, 0.2) is 23.0 Å². The molecule has 39 heavy (non-hydrogen) atoms. The molecule has 4 aromatic heterocycles. The number of imidazole rings is 1. The molecule has 0 bridgehead atoms. The highest BCUT2D eigenvalue weighted by molar-refractivity contribution is 5.70. The van der Waals surface area contributed by atoms with Crippen LogP contribution in [0.25, 0.3) is 22.7 Å². The minimum absolute atomic E-state index is 0.0227. The van der Waals surface area contributed by atoms with Crippen LogP contribution in [-0.4, -0.2) is 46.4 Å². The third-order valence-corrected chi connectivity index (χ3v) is 6.38. The van der Waals surface area contributed by atoms with Gasteiger partial charge >= 0.3 is 6.18 Å². The van der Waals surface area contributed by atoms with Gasteiger partial charge in [0, 0.05) is 36.1 Å². The van der Waals surface area contributed by atoms with Gasteiger partial charge in [0.2, 0.25) is 5.88 Å². The van der Waals surface area contributed by atoms with Gasteiger partial charge in [-0.05, 0) is 38.0 Å². The van der Waals surface area contributed by atoms with E-state index in [2.05, 4.69) is 35.5 Å². The summed E-state index contributed by atoms with van der Waals surface area (Å²) in [6.07, 6.45) is 2.08. The molecule has 0 saturated heterocycles. The molecule has 200 valence electrons. The molecule has 14 heteroatoms. The highest BCUT2D eigenvalue weighted by atomic mass is 19.4. The summed E-state index contributed by atoms with van der Waals surface area (Å²) < 4.78 is 62.3. The molecule has 1 fully saturated rings. The molecule has 0 aliphatic heterocycles. The van der Waals surface area contributed by atoms with Gasteiger partial charge in [-0.1, -0.05) is 6.07 Å². The van der Waals surface area contributed by atoms with Crippen molar-refractivity contribution >= 4 is 11.5 Å². The summed E-state index contributed by atoms with van der Waals surface area (Å²) in [5.74, 6) is 0.674. The van der Waals surface area contributed by atoms with Crippen molar-refractivity contribution in [1.82, 2.24) is 39.3 Å². The van der Waals surface area contributed by atoms with Gasteiger partial charge in [-0.15, -0.1) is 5.10 Å². The number of methoxy groups -OCH3 is 1. The Labute approximate surface area is 218 Å². The molecule has 0 radical (unpaired) electrons. The summed E-state index contributed by atoms with van der Waals surface area (Å²) in [5.41, 5.74) is 1.44. The van der Waals surface area contributed by atoms with E-state index in [9.17, 15) is 13.2 Å². The Balaban J connectivity index is 1.31. The summed E-state index contributed by atoms with van der Waals surface area (Å²) in [5, 5.41) is 11.3. The fourth-order valence-electron chi connectivity index (χ4n) is 4.33. The van der Waals surface area contributed by atoms with E-state index >= 15 is 4.39 Å². The number of ether oxygens (including phenoxy) is 1. The molecule has 1 aliphatic rings. The van der Waals surface area contributed by atoms with E-state index in [1.165, 1.54) is 32.5 Å². The smallest absolute Gasteiger partial charge is 0.435 e. The number of aromatic nitrogens is 8. The zero-order chi connectivity index (χ0) is 27.3. The SMILES string of the molecule is COc1ncnc(C2CC2)c1-c1nc(NCc2ccc(-n3nc(C(F)(F)F)cc3C)cc2F)c2nccn2n1. The van der Waals surface area contributed by atoms with E-state index in [1.807, 2.05) is 0 Å². The van der Waals surface area contributed by atoms with E-state index in [1.54, 1.807) is 16.9 Å². The van der Waals surface area contributed by atoms with Gasteiger partial charge in [0.1, 0.15) is 17.7 Å². The highest BCUT2D eigenvalue weighted by Gasteiger charge is 2.35. The number of anilines is 1. The van der Waals surface area contributed by atoms with Crippen molar-refractivity contribution in [3.8, 4) is 23.0 Å². The molecule has 0 amide bonds. The topological polar surface area (TPSA) is 108 Å². The van der Waals surface area contributed by atoms with Gasteiger partial charge in [-0.2, -0.15) is 18.3 Å². The molecular weight excluding hydrogens is 518 g/mol.